The first-order valence-corrected chi connectivity index (χ1v) is 12.2. The number of carbonyl (C=O) groups excluding carboxylic acids is 2. The first kappa shape index (κ1) is 24.3. The van der Waals surface area contributed by atoms with Gasteiger partial charge in [-0.1, -0.05) is 65.0 Å². The van der Waals surface area contributed by atoms with E-state index in [1.54, 1.807) is 11.8 Å². The summed E-state index contributed by atoms with van der Waals surface area (Å²) >= 11 is 3.45. The highest BCUT2D eigenvalue weighted by molar-refractivity contribution is 9.10. The van der Waals surface area contributed by atoms with Crippen LogP contribution in [0.15, 0.2) is 46.9 Å². The van der Waals surface area contributed by atoms with Gasteiger partial charge in [0.25, 0.3) is 5.91 Å². The molecule has 0 radical (unpaired) electrons. The molecule has 1 N–H and O–H groups in total. The van der Waals surface area contributed by atoms with E-state index in [1.165, 1.54) is 6.42 Å². The molecule has 1 aliphatic rings. The Bertz CT molecular complexity index is 923. The topological polar surface area (TPSA) is 58.6 Å². The van der Waals surface area contributed by atoms with Gasteiger partial charge in [-0.05, 0) is 62.9 Å². The van der Waals surface area contributed by atoms with Gasteiger partial charge in [0.2, 0.25) is 5.91 Å². The molecule has 0 aliphatic heterocycles. The lowest BCUT2D eigenvalue weighted by molar-refractivity contribution is -0.142. The fraction of sp³-hybridized carbons (Fsp3) is 0.462. The molecular weight excluding hydrogens is 468 g/mol. The third kappa shape index (κ3) is 6.83. The second-order valence-electron chi connectivity index (χ2n) is 8.73. The van der Waals surface area contributed by atoms with Gasteiger partial charge in [-0.2, -0.15) is 0 Å². The Labute approximate surface area is 199 Å². The number of halogens is 1. The van der Waals surface area contributed by atoms with Crippen LogP contribution in [0.2, 0.25) is 0 Å². The van der Waals surface area contributed by atoms with Gasteiger partial charge in [-0.3, -0.25) is 9.59 Å². The lowest BCUT2D eigenvalue weighted by Gasteiger charge is -2.31. The van der Waals surface area contributed by atoms with Gasteiger partial charge in [-0.25, -0.2) is 0 Å². The highest BCUT2D eigenvalue weighted by Gasteiger charge is 2.28. The fourth-order valence-electron chi connectivity index (χ4n) is 4.12. The minimum absolute atomic E-state index is 0.103. The zero-order valence-electron chi connectivity index (χ0n) is 19.2. The van der Waals surface area contributed by atoms with Crippen LogP contribution in [0, 0.1) is 13.8 Å². The quantitative estimate of drug-likeness (QED) is 0.534. The normalized spacial score (nSPS) is 15.1. The maximum Gasteiger partial charge on any atom is 0.261 e. The van der Waals surface area contributed by atoms with Crippen molar-refractivity contribution in [3.8, 4) is 5.75 Å². The molecule has 32 heavy (non-hydrogen) atoms. The maximum absolute atomic E-state index is 13.2. The van der Waals surface area contributed by atoms with Crippen LogP contribution in [-0.2, 0) is 16.1 Å². The lowest BCUT2D eigenvalue weighted by Crippen LogP contribution is -2.51. The number of rotatable bonds is 8. The highest BCUT2D eigenvalue weighted by Crippen LogP contribution is 2.21. The van der Waals surface area contributed by atoms with Crippen molar-refractivity contribution < 1.29 is 14.3 Å². The fourth-order valence-corrected chi connectivity index (χ4v) is 4.39. The SMILES string of the molecule is Cc1ccc(OCC(=O)N(Cc2ccc(Br)cc2)[C@H](C)C(=O)NC2CCCCC2)c(C)c1. The molecule has 0 spiro atoms. The third-order valence-electron chi connectivity index (χ3n) is 6.07. The van der Waals surface area contributed by atoms with Crippen LogP contribution in [-0.4, -0.2) is 35.4 Å². The number of carbonyl (C=O) groups is 2. The van der Waals surface area contributed by atoms with Crippen molar-refractivity contribution in [2.45, 2.75) is 71.5 Å². The second kappa shape index (κ2) is 11.5. The van der Waals surface area contributed by atoms with E-state index in [1.807, 2.05) is 56.3 Å². The van der Waals surface area contributed by atoms with E-state index in [9.17, 15) is 9.59 Å². The molecule has 0 heterocycles. The largest absolute Gasteiger partial charge is 0.483 e. The molecule has 0 saturated heterocycles. The van der Waals surface area contributed by atoms with Crippen LogP contribution in [0.1, 0.15) is 55.7 Å². The van der Waals surface area contributed by atoms with Gasteiger partial charge in [0.1, 0.15) is 11.8 Å². The Morgan fingerprint density at radius 1 is 1.09 bits per heavy atom. The van der Waals surface area contributed by atoms with Gasteiger partial charge < -0.3 is 15.0 Å². The number of ether oxygens (including phenoxy) is 1. The van der Waals surface area contributed by atoms with Crippen LogP contribution >= 0.6 is 15.9 Å². The van der Waals surface area contributed by atoms with Gasteiger partial charge in [-0.15, -0.1) is 0 Å². The molecular formula is C26H33BrN2O3. The first-order chi connectivity index (χ1) is 15.3. The van der Waals surface area contributed by atoms with Crippen molar-refractivity contribution in [3.63, 3.8) is 0 Å². The smallest absolute Gasteiger partial charge is 0.261 e. The second-order valence-corrected chi connectivity index (χ2v) is 9.64. The average Bonchev–Trinajstić information content (AvgIpc) is 2.78. The summed E-state index contributed by atoms with van der Waals surface area (Å²) in [6.45, 7) is 6.02. The molecule has 2 aromatic carbocycles. The summed E-state index contributed by atoms with van der Waals surface area (Å²) in [5.74, 6) is 0.375. The van der Waals surface area contributed by atoms with Crippen LogP contribution in [0.25, 0.3) is 0 Å². The Hall–Kier alpha value is -2.34. The van der Waals surface area contributed by atoms with E-state index >= 15 is 0 Å². The average molecular weight is 501 g/mol. The molecule has 5 nitrogen and oxygen atoms in total. The summed E-state index contributed by atoms with van der Waals surface area (Å²) in [5, 5.41) is 3.16. The molecule has 1 saturated carbocycles. The molecule has 2 aromatic rings. The molecule has 1 fully saturated rings. The molecule has 6 heteroatoms. The van der Waals surface area contributed by atoms with Crippen molar-refractivity contribution in [1.29, 1.82) is 0 Å². The van der Waals surface area contributed by atoms with Gasteiger partial charge in [0, 0.05) is 17.1 Å². The number of nitrogens with zero attached hydrogens (tertiary/aromatic N) is 1. The van der Waals surface area contributed by atoms with Crippen LogP contribution in [0.3, 0.4) is 0 Å². The molecule has 0 unspecified atom stereocenters. The summed E-state index contributed by atoms with van der Waals surface area (Å²) in [6, 6.07) is 13.3. The lowest BCUT2D eigenvalue weighted by atomic mass is 9.95. The van der Waals surface area contributed by atoms with E-state index in [2.05, 4.69) is 21.2 Å². The number of benzene rings is 2. The maximum atomic E-state index is 13.2. The Morgan fingerprint density at radius 2 is 1.78 bits per heavy atom. The van der Waals surface area contributed by atoms with Gasteiger partial charge in [0.15, 0.2) is 6.61 Å². The predicted molar refractivity (Wildman–Crippen MR) is 131 cm³/mol. The van der Waals surface area contributed by atoms with E-state index < -0.39 is 6.04 Å². The van der Waals surface area contributed by atoms with Crippen molar-refractivity contribution in [2.75, 3.05) is 6.61 Å². The number of amides is 2. The minimum atomic E-state index is -0.587. The molecule has 1 atom stereocenters. The molecule has 2 amide bonds. The van der Waals surface area contributed by atoms with E-state index in [0.717, 1.165) is 46.8 Å². The molecule has 3 rings (SSSR count). The molecule has 172 valence electrons. The van der Waals surface area contributed by atoms with E-state index in [0.29, 0.717) is 12.3 Å². The first-order valence-electron chi connectivity index (χ1n) is 11.4. The minimum Gasteiger partial charge on any atom is -0.483 e. The predicted octanol–water partition coefficient (Wildman–Crippen LogP) is 5.31. The highest BCUT2D eigenvalue weighted by atomic mass is 79.9. The van der Waals surface area contributed by atoms with Crippen molar-refractivity contribution in [1.82, 2.24) is 10.2 Å². The number of hydrogen-bond donors (Lipinski definition) is 1. The molecule has 1 aliphatic carbocycles. The van der Waals surface area contributed by atoms with E-state index in [-0.39, 0.29) is 24.5 Å². The number of hydrogen-bond acceptors (Lipinski definition) is 3. The Morgan fingerprint density at radius 3 is 2.44 bits per heavy atom. The summed E-state index contributed by atoms with van der Waals surface area (Å²) in [5.41, 5.74) is 3.09. The number of aryl methyl sites for hydroxylation is 2. The summed E-state index contributed by atoms with van der Waals surface area (Å²) < 4.78 is 6.81. The van der Waals surface area contributed by atoms with Crippen molar-refractivity contribution in [3.05, 3.63) is 63.6 Å². The van der Waals surface area contributed by atoms with Crippen molar-refractivity contribution in [2.24, 2.45) is 0 Å². The summed E-state index contributed by atoms with van der Waals surface area (Å²) in [7, 11) is 0. The molecule has 0 bridgehead atoms. The number of nitrogens with one attached hydrogen (secondary N) is 1. The standard InChI is InChI=1S/C26H33BrN2O3/c1-18-9-14-24(19(2)15-18)32-17-25(30)29(16-21-10-12-22(27)13-11-21)20(3)26(31)28-23-7-5-4-6-8-23/h9-15,20,23H,4-8,16-17H2,1-3H3,(H,28,31)/t20-/m1/s1. The summed E-state index contributed by atoms with van der Waals surface area (Å²) in [4.78, 5) is 27.8. The van der Waals surface area contributed by atoms with Gasteiger partial charge >= 0.3 is 0 Å². The monoisotopic (exact) mass is 500 g/mol. The van der Waals surface area contributed by atoms with E-state index in [4.69, 9.17) is 4.74 Å². The Balaban J connectivity index is 1.71. The zero-order valence-corrected chi connectivity index (χ0v) is 20.8. The van der Waals surface area contributed by atoms with Crippen molar-refractivity contribution >= 4 is 27.7 Å². The van der Waals surface area contributed by atoms with Gasteiger partial charge in [0.05, 0.1) is 0 Å². The third-order valence-corrected chi connectivity index (χ3v) is 6.60. The van der Waals surface area contributed by atoms with Crippen LogP contribution in [0.4, 0.5) is 0 Å². The zero-order chi connectivity index (χ0) is 23.1. The van der Waals surface area contributed by atoms with Crippen LogP contribution < -0.4 is 10.1 Å². The molecule has 0 aromatic heterocycles. The summed E-state index contributed by atoms with van der Waals surface area (Å²) in [6.07, 6.45) is 5.53. The van der Waals surface area contributed by atoms with Crippen LogP contribution in [0.5, 0.6) is 5.75 Å². The Kier molecular flexibility index (Phi) is 8.74.